The van der Waals surface area contributed by atoms with Gasteiger partial charge in [-0.15, -0.1) is 0 Å². The minimum absolute atomic E-state index is 0.0491. The van der Waals surface area contributed by atoms with E-state index in [1.165, 1.54) is 13.3 Å². The molecule has 0 heterocycles. The first-order valence-corrected chi connectivity index (χ1v) is 8.78. The second-order valence-electron chi connectivity index (χ2n) is 4.85. The van der Waals surface area contributed by atoms with Crippen molar-refractivity contribution in [1.29, 1.82) is 0 Å². The monoisotopic (exact) mass is 299 g/mol. The van der Waals surface area contributed by atoms with Crippen LogP contribution in [-0.4, -0.2) is 48.2 Å². The van der Waals surface area contributed by atoms with Crippen LogP contribution >= 0.6 is 7.14 Å². The summed E-state index contributed by atoms with van der Waals surface area (Å²) in [5.41, 5.74) is 0.798. The van der Waals surface area contributed by atoms with Gasteiger partial charge in [0.2, 0.25) is 0 Å². The van der Waals surface area contributed by atoms with Crippen LogP contribution < -0.4 is 0 Å². The zero-order valence-electron chi connectivity index (χ0n) is 11.5. The molecule has 20 heavy (non-hydrogen) atoms. The average molecular weight is 299 g/mol. The molecule has 110 valence electrons. The number of carboxylic acid groups (broad SMARTS) is 1. The lowest BCUT2D eigenvalue weighted by Gasteiger charge is -2.22. The molecule has 0 fully saturated rings. The molecule has 0 atom stereocenters. The van der Waals surface area contributed by atoms with Gasteiger partial charge in [-0.2, -0.15) is 0 Å². The summed E-state index contributed by atoms with van der Waals surface area (Å²) in [6.45, 7) is 2.51. The van der Waals surface area contributed by atoms with Crippen molar-refractivity contribution in [1.82, 2.24) is 4.90 Å². The maximum absolute atomic E-state index is 11.8. The summed E-state index contributed by atoms with van der Waals surface area (Å²) < 4.78 is 16.8. The Labute approximate surface area is 117 Å². The summed E-state index contributed by atoms with van der Waals surface area (Å²) >= 11 is 0. The van der Waals surface area contributed by atoms with E-state index in [-0.39, 0.29) is 12.9 Å². The molecule has 0 spiro atoms. The van der Waals surface area contributed by atoms with E-state index in [0.29, 0.717) is 0 Å². The molecule has 1 aromatic rings. The quantitative estimate of drug-likeness (QED) is 0.815. The molecular weight excluding hydrogens is 281 g/mol. The molecule has 0 aliphatic rings. The lowest BCUT2D eigenvalue weighted by atomic mass is 10.2. The van der Waals surface area contributed by atoms with Crippen molar-refractivity contribution >= 4 is 19.2 Å². The van der Waals surface area contributed by atoms with E-state index < -0.39 is 25.7 Å². The number of hydrogen-bond donors (Lipinski definition) is 1. The normalized spacial score (nSPS) is 10.9. The highest BCUT2D eigenvalue weighted by molar-refractivity contribution is 7.62. The molecule has 1 amide bonds. The van der Waals surface area contributed by atoms with E-state index in [2.05, 4.69) is 0 Å². The van der Waals surface area contributed by atoms with Gasteiger partial charge in [0.15, 0.2) is 0 Å². The Morgan fingerprint density at radius 1 is 1.25 bits per heavy atom. The molecule has 0 unspecified atom stereocenters. The number of carbonyl (C=O) groups is 2. The Morgan fingerprint density at radius 2 is 1.85 bits per heavy atom. The van der Waals surface area contributed by atoms with Gasteiger partial charge in [0.05, 0.1) is 6.29 Å². The van der Waals surface area contributed by atoms with E-state index in [9.17, 15) is 14.2 Å². The molecule has 0 saturated carbocycles. The number of ether oxygens (including phenoxy) is 1. The number of hydrogen-bond acceptors (Lipinski definition) is 4. The summed E-state index contributed by atoms with van der Waals surface area (Å²) in [6.07, 6.45) is -0.896. The Kier molecular flexibility index (Phi) is 5.77. The Balaban J connectivity index is 2.63. The fourth-order valence-electron chi connectivity index (χ4n) is 1.56. The highest BCUT2D eigenvalue weighted by Gasteiger charge is 2.23. The summed E-state index contributed by atoms with van der Waals surface area (Å²) in [4.78, 5) is 23.5. The SMILES string of the molecule is CP(C)(=O)CN(CC(=O)O)C(=O)OCc1ccccc1. The number of aliphatic carboxylic acids is 1. The molecule has 0 saturated heterocycles. The van der Waals surface area contributed by atoms with Crippen LogP contribution in [0.3, 0.4) is 0 Å². The van der Waals surface area contributed by atoms with Gasteiger partial charge in [-0.25, -0.2) is 4.79 Å². The van der Waals surface area contributed by atoms with Crippen molar-refractivity contribution in [3.05, 3.63) is 35.9 Å². The van der Waals surface area contributed by atoms with Crippen LogP contribution in [0.2, 0.25) is 0 Å². The largest absolute Gasteiger partial charge is 0.480 e. The minimum atomic E-state index is -2.57. The third-order valence-electron chi connectivity index (χ3n) is 2.30. The van der Waals surface area contributed by atoms with Crippen LogP contribution in [0.15, 0.2) is 30.3 Å². The first-order valence-electron chi connectivity index (χ1n) is 5.99. The van der Waals surface area contributed by atoms with E-state index in [1.54, 1.807) is 12.1 Å². The van der Waals surface area contributed by atoms with Crippen LogP contribution in [-0.2, 0) is 20.7 Å². The van der Waals surface area contributed by atoms with Crippen LogP contribution in [0.4, 0.5) is 4.79 Å². The third-order valence-corrected chi connectivity index (χ3v) is 3.32. The second-order valence-corrected chi connectivity index (χ2v) is 8.28. The fourth-order valence-corrected chi connectivity index (χ4v) is 2.59. The zero-order valence-corrected chi connectivity index (χ0v) is 12.4. The van der Waals surface area contributed by atoms with Gasteiger partial charge >= 0.3 is 12.1 Å². The third kappa shape index (κ3) is 6.38. The van der Waals surface area contributed by atoms with Crippen molar-refractivity contribution in [3.63, 3.8) is 0 Å². The summed E-state index contributed by atoms with van der Waals surface area (Å²) in [5.74, 6) is -1.17. The average Bonchev–Trinajstić information content (AvgIpc) is 2.34. The highest BCUT2D eigenvalue weighted by atomic mass is 31.2. The predicted octanol–water partition coefficient (Wildman–Crippen LogP) is 2.29. The van der Waals surface area contributed by atoms with Crippen molar-refractivity contribution in [2.75, 3.05) is 26.2 Å². The van der Waals surface area contributed by atoms with Gasteiger partial charge < -0.3 is 14.4 Å². The van der Waals surface area contributed by atoms with Crippen LogP contribution in [0, 0.1) is 0 Å². The second kappa shape index (κ2) is 7.10. The number of rotatable bonds is 6. The van der Waals surface area contributed by atoms with Crippen LogP contribution in [0.25, 0.3) is 0 Å². The maximum Gasteiger partial charge on any atom is 0.411 e. The van der Waals surface area contributed by atoms with Gasteiger partial charge in [0.1, 0.15) is 20.3 Å². The summed E-state index contributed by atoms with van der Waals surface area (Å²) in [7, 11) is -2.57. The first-order chi connectivity index (χ1) is 9.28. The van der Waals surface area contributed by atoms with Crippen LogP contribution in [0.5, 0.6) is 0 Å². The van der Waals surface area contributed by atoms with Crippen molar-refractivity contribution < 1.29 is 24.0 Å². The number of benzene rings is 1. The molecule has 1 N–H and O–H groups in total. The number of carbonyl (C=O) groups excluding carboxylic acids is 1. The molecule has 0 aromatic heterocycles. The zero-order chi connectivity index (χ0) is 15.2. The minimum Gasteiger partial charge on any atom is -0.480 e. The van der Waals surface area contributed by atoms with Gasteiger partial charge in [-0.1, -0.05) is 30.3 Å². The topological polar surface area (TPSA) is 83.9 Å². The molecule has 6 nitrogen and oxygen atoms in total. The smallest absolute Gasteiger partial charge is 0.411 e. The Bertz CT molecular complexity index is 511. The summed E-state index contributed by atoms with van der Waals surface area (Å²) in [5, 5.41) is 8.78. The van der Waals surface area contributed by atoms with Crippen molar-refractivity contribution in [3.8, 4) is 0 Å². The number of nitrogens with zero attached hydrogens (tertiary/aromatic N) is 1. The number of carboxylic acids is 1. The number of amides is 1. The molecule has 0 aliphatic heterocycles. The van der Waals surface area contributed by atoms with E-state index >= 15 is 0 Å². The molecule has 0 aliphatic carbocycles. The molecule has 0 radical (unpaired) electrons. The van der Waals surface area contributed by atoms with Crippen molar-refractivity contribution in [2.45, 2.75) is 6.61 Å². The molecule has 7 heteroatoms. The predicted molar refractivity (Wildman–Crippen MR) is 75.3 cm³/mol. The Morgan fingerprint density at radius 3 is 2.35 bits per heavy atom. The molecular formula is C13H18NO5P. The molecule has 0 bridgehead atoms. The van der Waals surface area contributed by atoms with Gasteiger partial charge in [-0.05, 0) is 18.9 Å². The van der Waals surface area contributed by atoms with E-state index in [4.69, 9.17) is 9.84 Å². The maximum atomic E-state index is 11.8. The van der Waals surface area contributed by atoms with Gasteiger partial charge in [-0.3, -0.25) is 9.69 Å². The standard InChI is InChI=1S/C13H18NO5P/c1-20(2,18)10-14(8-12(15)16)13(17)19-9-11-6-4-3-5-7-11/h3-7H,8-10H2,1-2H3,(H,15,16). The first kappa shape index (κ1) is 16.2. The lowest BCUT2D eigenvalue weighted by molar-refractivity contribution is -0.137. The Hall–Kier alpha value is -1.81. The summed E-state index contributed by atoms with van der Waals surface area (Å²) in [6, 6.07) is 9.04. The van der Waals surface area contributed by atoms with E-state index in [1.807, 2.05) is 18.2 Å². The van der Waals surface area contributed by atoms with E-state index in [0.717, 1.165) is 10.5 Å². The molecule has 1 aromatic carbocycles. The lowest BCUT2D eigenvalue weighted by Crippen LogP contribution is -2.36. The van der Waals surface area contributed by atoms with Crippen LogP contribution in [0.1, 0.15) is 5.56 Å². The highest BCUT2D eigenvalue weighted by Crippen LogP contribution is 2.36. The van der Waals surface area contributed by atoms with Gasteiger partial charge in [0.25, 0.3) is 0 Å². The van der Waals surface area contributed by atoms with Crippen molar-refractivity contribution in [2.24, 2.45) is 0 Å². The fraction of sp³-hybridized carbons (Fsp3) is 0.385. The molecule has 1 rings (SSSR count). The van der Waals surface area contributed by atoms with Gasteiger partial charge in [0, 0.05) is 0 Å².